The highest BCUT2D eigenvalue weighted by Crippen LogP contribution is 2.43. The van der Waals surface area contributed by atoms with Gasteiger partial charge in [-0.2, -0.15) is 0 Å². The van der Waals surface area contributed by atoms with Crippen molar-refractivity contribution in [2.45, 2.75) is 66.7 Å². The zero-order chi connectivity index (χ0) is 48.1. The minimum atomic E-state index is 0.898. The van der Waals surface area contributed by atoms with E-state index in [1.54, 1.807) is 5.57 Å². The number of allylic oxidation sites excluding steroid dienone is 4. The fourth-order valence-electron chi connectivity index (χ4n) is 10.3. The van der Waals surface area contributed by atoms with E-state index in [1.807, 2.05) is 6.08 Å². The number of rotatable bonds is 15. The Kier molecular flexibility index (Phi) is 13.3. The van der Waals surface area contributed by atoms with Crippen LogP contribution in [0.5, 0.6) is 0 Å². The highest BCUT2D eigenvalue weighted by Gasteiger charge is 2.21. The molecule has 8 aromatic carbocycles. The largest absolute Gasteiger partial charge is 0.460 e. The van der Waals surface area contributed by atoms with E-state index in [4.69, 9.17) is 9.41 Å². The van der Waals surface area contributed by atoms with Crippen molar-refractivity contribution < 1.29 is 4.42 Å². The molecule has 0 saturated carbocycles. The van der Waals surface area contributed by atoms with E-state index >= 15 is 0 Å². The van der Waals surface area contributed by atoms with Crippen molar-refractivity contribution in [1.82, 2.24) is 0 Å². The second-order valence-electron chi connectivity index (χ2n) is 18.5. The molecule has 0 saturated heterocycles. The predicted molar refractivity (Wildman–Crippen MR) is 300 cm³/mol. The number of nitrogens with zero attached hydrogens (tertiary/aromatic N) is 2. The highest BCUT2D eigenvalue weighted by atomic mass is 16.3. The van der Waals surface area contributed by atoms with E-state index < -0.39 is 0 Å². The minimum Gasteiger partial charge on any atom is -0.460 e. The Labute approximate surface area is 414 Å². The second kappa shape index (κ2) is 20.3. The van der Waals surface area contributed by atoms with Crippen LogP contribution in [-0.4, -0.2) is 5.71 Å². The van der Waals surface area contributed by atoms with E-state index in [-0.39, 0.29) is 0 Å². The zero-order valence-corrected chi connectivity index (χ0v) is 41.1. The Morgan fingerprint density at radius 2 is 1.16 bits per heavy atom. The molecule has 9 aromatic rings. The topological polar surface area (TPSA) is 28.7 Å². The molecule has 3 nitrogen and oxygen atoms in total. The number of anilines is 3. The number of furan rings is 1. The summed E-state index contributed by atoms with van der Waals surface area (Å²) in [6.07, 6.45) is 11.7. The summed E-state index contributed by atoms with van der Waals surface area (Å²) in [5.74, 6) is 1.01. The third-order valence-electron chi connectivity index (χ3n) is 13.9. The first-order valence-electron chi connectivity index (χ1n) is 24.9. The third-order valence-corrected chi connectivity index (χ3v) is 13.9. The molecule has 70 heavy (non-hydrogen) atoms. The van der Waals surface area contributed by atoms with Crippen LogP contribution in [-0.2, 0) is 12.8 Å². The SMILES string of the molecule is C=Cc1c(CCC)oc2ccc(-c3ccc(-c4ccc(-c5ccc(-c6ccc7c(c6)C(/C=C\C)=C(CCC)C7)cc5)c(N=C(C)c5ccc(N(c6ccccc6)c6ccccc6)cc5)c4C)cc3)cc12. The number of para-hydroxylation sites is 2. The summed E-state index contributed by atoms with van der Waals surface area (Å²) in [7, 11) is 0. The Morgan fingerprint density at radius 1 is 0.600 bits per heavy atom. The van der Waals surface area contributed by atoms with Gasteiger partial charge >= 0.3 is 0 Å². The molecule has 1 aliphatic carbocycles. The maximum absolute atomic E-state index is 6.24. The molecule has 0 bridgehead atoms. The molecular formula is C67H60N2O. The number of benzene rings is 8. The molecule has 1 aromatic heterocycles. The highest BCUT2D eigenvalue weighted by molar-refractivity contribution is 6.03. The Hall–Kier alpha value is -8.01. The van der Waals surface area contributed by atoms with E-state index in [0.29, 0.717) is 0 Å². The quantitative estimate of drug-likeness (QED) is 0.0959. The molecule has 0 atom stereocenters. The minimum absolute atomic E-state index is 0.898. The first-order chi connectivity index (χ1) is 34.3. The average Bonchev–Trinajstić information content (AvgIpc) is 3.93. The van der Waals surface area contributed by atoms with Crippen molar-refractivity contribution in [3.63, 3.8) is 0 Å². The van der Waals surface area contributed by atoms with Crippen molar-refractivity contribution in [2.24, 2.45) is 4.99 Å². The van der Waals surface area contributed by atoms with Gasteiger partial charge in [0.05, 0.1) is 5.69 Å². The maximum atomic E-state index is 6.24. The molecular weight excluding hydrogens is 849 g/mol. The van der Waals surface area contributed by atoms with Crippen LogP contribution in [0.15, 0.2) is 216 Å². The smallest absolute Gasteiger partial charge is 0.134 e. The van der Waals surface area contributed by atoms with Crippen LogP contribution in [0.2, 0.25) is 0 Å². The number of aryl methyl sites for hydroxylation is 1. The van der Waals surface area contributed by atoms with Gasteiger partial charge < -0.3 is 9.32 Å². The first kappa shape index (κ1) is 45.8. The van der Waals surface area contributed by atoms with Gasteiger partial charge in [0.15, 0.2) is 0 Å². The summed E-state index contributed by atoms with van der Waals surface area (Å²) >= 11 is 0. The van der Waals surface area contributed by atoms with Crippen LogP contribution in [0.25, 0.3) is 67.1 Å². The average molecular weight is 909 g/mol. The van der Waals surface area contributed by atoms with Crippen LogP contribution in [0.4, 0.5) is 22.7 Å². The normalized spacial score (nSPS) is 12.6. The molecule has 0 fully saturated rings. The van der Waals surface area contributed by atoms with Gasteiger partial charge in [0, 0.05) is 45.7 Å². The fraction of sp³-hybridized carbons (Fsp3) is 0.149. The molecule has 344 valence electrons. The molecule has 0 radical (unpaired) electrons. The lowest BCUT2D eigenvalue weighted by atomic mass is 9.91. The zero-order valence-electron chi connectivity index (χ0n) is 41.1. The lowest BCUT2D eigenvalue weighted by Crippen LogP contribution is -2.09. The molecule has 1 heterocycles. The van der Waals surface area contributed by atoms with Gasteiger partial charge in [0.25, 0.3) is 0 Å². The molecule has 0 amide bonds. The molecule has 0 N–H and O–H groups in total. The van der Waals surface area contributed by atoms with E-state index in [2.05, 4.69) is 240 Å². The van der Waals surface area contributed by atoms with Gasteiger partial charge in [-0.15, -0.1) is 0 Å². The van der Waals surface area contributed by atoms with Gasteiger partial charge in [-0.3, -0.25) is 4.99 Å². The number of hydrogen-bond acceptors (Lipinski definition) is 3. The molecule has 3 heteroatoms. The maximum Gasteiger partial charge on any atom is 0.134 e. The van der Waals surface area contributed by atoms with Crippen LogP contribution in [0.1, 0.15) is 80.5 Å². The van der Waals surface area contributed by atoms with Crippen molar-refractivity contribution >= 4 is 51.1 Å². The lowest BCUT2D eigenvalue weighted by Gasteiger charge is -2.25. The fourth-order valence-corrected chi connectivity index (χ4v) is 10.3. The monoisotopic (exact) mass is 908 g/mol. The summed E-state index contributed by atoms with van der Waals surface area (Å²) in [5.41, 5.74) is 24.5. The summed E-state index contributed by atoms with van der Waals surface area (Å²) in [5, 5.41) is 1.11. The summed E-state index contributed by atoms with van der Waals surface area (Å²) in [6, 6.07) is 65.9. The Balaban J connectivity index is 1.02. The Bertz CT molecular complexity index is 3380. The molecule has 10 rings (SSSR count). The molecule has 0 unspecified atom stereocenters. The lowest BCUT2D eigenvalue weighted by molar-refractivity contribution is 0.543. The van der Waals surface area contributed by atoms with Crippen LogP contribution in [0, 0.1) is 6.92 Å². The van der Waals surface area contributed by atoms with Gasteiger partial charge in [-0.25, -0.2) is 0 Å². The van der Waals surface area contributed by atoms with Crippen molar-refractivity contribution in [1.29, 1.82) is 0 Å². The van der Waals surface area contributed by atoms with Gasteiger partial charge in [-0.1, -0.05) is 178 Å². The number of aliphatic imine (C=N–C) groups is 1. The van der Waals surface area contributed by atoms with Crippen LogP contribution in [0.3, 0.4) is 0 Å². The van der Waals surface area contributed by atoms with Crippen molar-refractivity contribution in [3.8, 4) is 44.5 Å². The summed E-state index contributed by atoms with van der Waals surface area (Å²) in [6.45, 7) is 15.0. The second-order valence-corrected chi connectivity index (χ2v) is 18.5. The standard InChI is InChI=1S/C67H60N2O/c1-7-17-54-42-55-33-32-52(43-63(55)61(54)18-8-2)48-26-30-51(31-27-48)62-40-39-60(50-28-24-49(25-29-50)53-36-41-66-64(44-53)59(10-4)65(70-66)19-9-3)45(5)67(62)68-46(6)47-34-37-58(38-35-47)69(56-20-13-11-14-21-56)57-22-15-12-16-23-57/h8,10-16,18,20-41,43-44H,4,7,9,17,19,42H2,1-3,5-6H3/b18-8-,68-46?. The third kappa shape index (κ3) is 9.04. The van der Waals surface area contributed by atoms with Crippen molar-refractivity contribution in [2.75, 3.05) is 4.90 Å². The van der Waals surface area contributed by atoms with Crippen molar-refractivity contribution in [3.05, 3.63) is 240 Å². The van der Waals surface area contributed by atoms with Gasteiger partial charge in [0.2, 0.25) is 0 Å². The molecule has 0 spiro atoms. The van der Waals surface area contributed by atoms with E-state index in [9.17, 15) is 0 Å². The van der Waals surface area contributed by atoms with Crippen LogP contribution < -0.4 is 4.90 Å². The van der Waals surface area contributed by atoms with Gasteiger partial charge in [0.1, 0.15) is 11.3 Å². The molecule has 1 aliphatic rings. The summed E-state index contributed by atoms with van der Waals surface area (Å²) in [4.78, 5) is 7.84. The first-order valence-corrected chi connectivity index (χ1v) is 24.9. The van der Waals surface area contributed by atoms with Gasteiger partial charge in [-0.05, 0) is 161 Å². The van der Waals surface area contributed by atoms with E-state index in [0.717, 1.165) is 127 Å². The molecule has 0 aliphatic heterocycles. The van der Waals surface area contributed by atoms with Crippen LogP contribution >= 0.6 is 0 Å². The number of hydrogen-bond donors (Lipinski definition) is 0. The van der Waals surface area contributed by atoms with E-state index in [1.165, 1.54) is 27.8 Å². The predicted octanol–water partition coefficient (Wildman–Crippen LogP) is 19.3. The number of fused-ring (bicyclic) bond motifs is 2. The Morgan fingerprint density at radius 3 is 1.77 bits per heavy atom. The summed E-state index contributed by atoms with van der Waals surface area (Å²) < 4.78 is 6.24.